The summed E-state index contributed by atoms with van der Waals surface area (Å²) in [6.45, 7) is 7.39. The van der Waals surface area contributed by atoms with E-state index in [0.29, 0.717) is 31.4 Å². The molecule has 0 atom stereocenters. The maximum Gasteiger partial charge on any atom is 0.407 e. The highest BCUT2D eigenvalue weighted by atomic mass is 79.9. The first-order chi connectivity index (χ1) is 11.7. The number of hydrogen-bond donors (Lipinski definition) is 2. The summed E-state index contributed by atoms with van der Waals surface area (Å²) in [5, 5.41) is 5.60. The van der Waals surface area contributed by atoms with Crippen molar-refractivity contribution < 1.29 is 14.3 Å². The van der Waals surface area contributed by atoms with Crippen molar-refractivity contribution >= 4 is 33.9 Å². The number of ether oxygens (including phenoxy) is 1. The smallest absolute Gasteiger partial charge is 0.407 e. The van der Waals surface area contributed by atoms with Crippen LogP contribution in [0.15, 0.2) is 22.8 Å². The second-order valence-corrected chi connectivity index (χ2v) is 8.02. The lowest BCUT2D eigenvalue weighted by Gasteiger charge is -2.32. The molecule has 1 aliphatic heterocycles. The van der Waals surface area contributed by atoms with Gasteiger partial charge in [-0.15, -0.1) is 0 Å². The third-order valence-electron chi connectivity index (χ3n) is 3.80. The Morgan fingerprint density at radius 2 is 2.00 bits per heavy atom. The molecular formula is C17H25BrN4O3. The first kappa shape index (κ1) is 19.5. The van der Waals surface area contributed by atoms with Crippen LogP contribution < -0.4 is 10.6 Å². The van der Waals surface area contributed by atoms with Gasteiger partial charge in [0.1, 0.15) is 11.4 Å². The van der Waals surface area contributed by atoms with Crippen LogP contribution in [0.2, 0.25) is 0 Å². The maximum absolute atomic E-state index is 12.3. The van der Waals surface area contributed by atoms with Crippen LogP contribution in [0.25, 0.3) is 0 Å². The molecule has 0 bridgehead atoms. The maximum atomic E-state index is 12.3. The Kier molecular flexibility index (Phi) is 6.64. The van der Waals surface area contributed by atoms with Crippen LogP contribution in [0.3, 0.4) is 0 Å². The SMILES string of the molecule is CC(C)(C)OC(=O)NCC1CCN(C(=O)Nc2ccc(Br)cn2)CC1. The number of aromatic nitrogens is 1. The fourth-order valence-electron chi connectivity index (χ4n) is 2.52. The molecule has 0 radical (unpaired) electrons. The molecule has 0 saturated carbocycles. The van der Waals surface area contributed by atoms with E-state index in [4.69, 9.17) is 4.74 Å². The number of rotatable bonds is 3. The molecule has 0 aliphatic carbocycles. The minimum atomic E-state index is -0.493. The van der Waals surface area contributed by atoms with Crippen LogP contribution in [0.5, 0.6) is 0 Å². The number of likely N-dealkylation sites (tertiary alicyclic amines) is 1. The van der Waals surface area contributed by atoms with Crippen LogP contribution in [0.1, 0.15) is 33.6 Å². The number of anilines is 1. The van der Waals surface area contributed by atoms with Crippen LogP contribution in [0, 0.1) is 5.92 Å². The molecule has 1 aromatic heterocycles. The lowest BCUT2D eigenvalue weighted by atomic mass is 9.97. The van der Waals surface area contributed by atoms with E-state index in [2.05, 4.69) is 31.5 Å². The van der Waals surface area contributed by atoms with E-state index in [-0.39, 0.29) is 6.03 Å². The first-order valence-corrected chi connectivity index (χ1v) is 9.16. The lowest BCUT2D eigenvalue weighted by molar-refractivity contribution is 0.0511. The second kappa shape index (κ2) is 8.51. The van der Waals surface area contributed by atoms with Crippen LogP contribution in [-0.4, -0.2) is 47.2 Å². The molecule has 2 heterocycles. The molecule has 0 aromatic carbocycles. The van der Waals surface area contributed by atoms with E-state index < -0.39 is 11.7 Å². The summed E-state index contributed by atoms with van der Waals surface area (Å²) in [4.78, 5) is 29.8. The number of piperidine rings is 1. The summed E-state index contributed by atoms with van der Waals surface area (Å²) >= 11 is 3.31. The zero-order valence-electron chi connectivity index (χ0n) is 14.8. The molecule has 1 saturated heterocycles. The summed E-state index contributed by atoms with van der Waals surface area (Å²) in [6, 6.07) is 3.44. The van der Waals surface area contributed by atoms with E-state index in [1.54, 1.807) is 17.2 Å². The van der Waals surface area contributed by atoms with Crippen molar-refractivity contribution in [3.05, 3.63) is 22.8 Å². The minimum Gasteiger partial charge on any atom is -0.444 e. The van der Waals surface area contributed by atoms with Gasteiger partial charge in [0.05, 0.1) is 0 Å². The number of pyridine rings is 1. The Labute approximate surface area is 156 Å². The molecule has 138 valence electrons. The van der Waals surface area contributed by atoms with E-state index >= 15 is 0 Å². The van der Waals surface area contributed by atoms with Crippen LogP contribution in [-0.2, 0) is 4.74 Å². The number of alkyl carbamates (subject to hydrolysis) is 1. The predicted molar refractivity (Wildman–Crippen MR) is 99.5 cm³/mol. The Balaban J connectivity index is 1.71. The summed E-state index contributed by atoms with van der Waals surface area (Å²) in [6.07, 6.45) is 2.94. The molecule has 1 aromatic rings. The van der Waals surface area contributed by atoms with Gasteiger partial charge in [-0.1, -0.05) is 0 Å². The Morgan fingerprint density at radius 1 is 1.32 bits per heavy atom. The fraction of sp³-hybridized carbons (Fsp3) is 0.588. The molecule has 8 heteroatoms. The van der Waals surface area contributed by atoms with Crippen molar-refractivity contribution in [2.45, 2.75) is 39.2 Å². The molecule has 0 unspecified atom stereocenters. The Hall–Kier alpha value is -1.83. The zero-order valence-corrected chi connectivity index (χ0v) is 16.4. The topological polar surface area (TPSA) is 83.6 Å². The van der Waals surface area contributed by atoms with Gasteiger partial charge in [-0.25, -0.2) is 14.6 Å². The summed E-state index contributed by atoms with van der Waals surface area (Å²) in [5.41, 5.74) is -0.493. The molecule has 0 spiro atoms. The van der Waals surface area contributed by atoms with E-state index in [1.165, 1.54) is 0 Å². The largest absolute Gasteiger partial charge is 0.444 e. The summed E-state index contributed by atoms with van der Waals surface area (Å²) in [5.74, 6) is 0.879. The van der Waals surface area contributed by atoms with Crippen molar-refractivity contribution in [2.24, 2.45) is 5.92 Å². The highest BCUT2D eigenvalue weighted by Crippen LogP contribution is 2.18. The average molecular weight is 413 g/mol. The quantitative estimate of drug-likeness (QED) is 0.793. The number of carbonyl (C=O) groups is 2. The van der Waals surface area contributed by atoms with Crippen molar-refractivity contribution in [3.63, 3.8) is 0 Å². The van der Waals surface area contributed by atoms with Crippen molar-refractivity contribution in [2.75, 3.05) is 25.0 Å². The standard InChI is InChI=1S/C17H25BrN4O3/c1-17(2,3)25-16(24)20-10-12-6-8-22(9-7-12)15(23)21-14-5-4-13(18)11-19-14/h4-5,11-12H,6-10H2,1-3H3,(H,20,24)(H,19,21,23). The van der Waals surface area contributed by atoms with E-state index in [1.807, 2.05) is 26.8 Å². The normalized spacial score (nSPS) is 15.6. The highest BCUT2D eigenvalue weighted by molar-refractivity contribution is 9.10. The van der Waals surface area contributed by atoms with Crippen molar-refractivity contribution in [3.8, 4) is 0 Å². The molecular weight excluding hydrogens is 388 g/mol. The molecule has 7 nitrogen and oxygen atoms in total. The monoisotopic (exact) mass is 412 g/mol. The molecule has 2 rings (SSSR count). The number of urea groups is 1. The second-order valence-electron chi connectivity index (χ2n) is 7.11. The van der Waals surface area contributed by atoms with Gasteiger partial charge in [0.25, 0.3) is 0 Å². The van der Waals surface area contributed by atoms with Gasteiger partial charge in [0, 0.05) is 30.3 Å². The van der Waals surface area contributed by atoms with E-state index in [9.17, 15) is 9.59 Å². The van der Waals surface area contributed by atoms with Gasteiger partial charge >= 0.3 is 12.1 Å². The molecule has 2 N–H and O–H groups in total. The van der Waals surface area contributed by atoms with Crippen LogP contribution in [0.4, 0.5) is 15.4 Å². The molecule has 1 fully saturated rings. The highest BCUT2D eigenvalue weighted by Gasteiger charge is 2.24. The number of carbonyl (C=O) groups excluding carboxylic acids is 2. The third-order valence-corrected chi connectivity index (χ3v) is 4.27. The average Bonchev–Trinajstić information content (AvgIpc) is 2.54. The number of amides is 3. The van der Waals surface area contributed by atoms with Gasteiger partial charge in [0.2, 0.25) is 0 Å². The third kappa shape index (κ3) is 6.89. The van der Waals surface area contributed by atoms with Crippen molar-refractivity contribution in [1.29, 1.82) is 0 Å². The summed E-state index contributed by atoms with van der Waals surface area (Å²) in [7, 11) is 0. The Bertz CT molecular complexity index is 593. The number of nitrogens with one attached hydrogen (secondary N) is 2. The molecule has 3 amide bonds. The molecule has 1 aliphatic rings. The number of hydrogen-bond acceptors (Lipinski definition) is 4. The van der Waals surface area contributed by atoms with Gasteiger partial charge < -0.3 is 15.0 Å². The molecule has 25 heavy (non-hydrogen) atoms. The predicted octanol–water partition coefficient (Wildman–Crippen LogP) is 3.61. The van der Waals surface area contributed by atoms with Gasteiger partial charge in [-0.05, 0) is 67.6 Å². The zero-order chi connectivity index (χ0) is 18.4. The fourth-order valence-corrected chi connectivity index (χ4v) is 2.75. The lowest BCUT2D eigenvalue weighted by Crippen LogP contribution is -2.44. The van der Waals surface area contributed by atoms with Gasteiger partial charge in [-0.2, -0.15) is 0 Å². The van der Waals surface area contributed by atoms with Gasteiger partial charge in [-0.3, -0.25) is 5.32 Å². The minimum absolute atomic E-state index is 0.145. The summed E-state index contributed by atoms with van der Waals surface area (Å²) < 4.78 is 6.09. The number of nitrogens with zero attached hydrogens (tertiary/aromatic N) is 2. The number of halogens is 1. The van der Waals surface area contributed by atoms with Crippen LogP contribution >= 0.6 is 15.9 Å². The van der Waals surface area contributed by atoms with Crippen molar-refractivity contribution in [1.82, 2.24) is 15.2 Å². The Morgan fingerprint density at radius 3 is 2.56 bits per heavy atom. The first-order valence-electron chi connectivity index (χ1n) is 8.37. The van der Waals surface area contributed by atoms with Gasteiger partial charge in [0.15, 0.2) is 0 Å². The van der Waals surface area contributed by atoms with E-state index in [0.717, 1.165) is 17.3 Å².